The van der Waals surface area contributed by atoms with Crippen molar-refractivity contribution >= 4 is 11.9 Å². The molecule has 1 aliphatic heterocycles. The van der Waals surface area contributed by atoms with E-state index in [9.17, 15) is 4.79 Å². The van der Waals surface area contributed by atoms with Crippen molar-refractivity contribution in [2.75, 3.05) is 13.1 Å². The van der Waals surface area contributed by atoms with Gasteiger partial charge in [-0.3, -0.25) is 4.90 Å². The molecule has 0 saturated carbocycles. The van der Waals surface area contributed by atoms with E-state index in [1.165, 1.54) is 12.8 Å². The van der Waals surface area contributed by atoms with Crippen molar-refractivity contribution < 1.29 is 23.7 Å². The Balaban J connectivity index is 0.00000147. The summed E-state index contributed by atoms with van der Waals surface area (Å²) in [7, 11) is 0. The Bertz CT molecular complexity index is 596. The van der Waals surface area contributed by atoms with E-state index in [1.54, 1.807) is 6.20 Å². The van der Waals surface area contributed by atoms with Crippen molar-refractivity contribution in [2.24, 2.45) is 5.92 Å². The zero-order valence-corrected chi connectivity index (χ0v) is 12.2. The maximum Gasteiger partial charge on any atom is 1.00 e. The van der Waals surface area contributed by atoms with Gasteiger partial charge in [0.2, 0.25) is 0 Å². The standard InChI is InChI=1S/C15H18N3O.Li/c1-12-3-2-5-17(8-12)9-13-7-14(11-19)15-16-4-6-18(15)10-13;/h4,6-7,10,12H,2-3,5,8-9H2,1H3;/q-1;+1/t12-;/m0./s1. The summed E-state index contributed by atoms with van der Waals surface area (Å²) in [5, 5.41) is 0. The number of likely N-dealkylation sites (tertiary alicyclic amines) is 1. The number of carbonyl (C=O) groups excluding carboxylic acids is 1. The summed E-state index contributed by atoms with van der Waals surface area (Å²) in [4.78, 5) is 17.7. The number of pyridine rings is 1. The summed E-state index contributed by atoms with van der Waals surface area (Å²) >= 11 is 0. The van der Waals surface area contributed by atoms with Crippen molar-refractivity contribution in [1.82, 2.24) is 14.3 Å². The first-order valence-corrected chi connectivity index (χ1v) is 6.82. The van der Waals surface area contributed by atoms with Gasteiger partial charge in [0, 0.05) is 31.1 Å². The Labute approximate surface area is 131 Å². The number of imidazole rings is 1. The summed E-state index contributed by atoms with van der Waals surface area (Å²) in [6.45, 7) is 5.48. The molecule has 0 amide bonds. The summed E-state index contributed by atoms with van der Waals surface area (Å²) in [6, 6.07) is 1.91. The molecule has 2 aromatic heterocycles. The van der Waals surface area contributed by atoms with Crippen LogP contribution < -0.4 is 18.9 Å². The van der Waals surface area contributed by atoms with Gasteiger partial charge in [0.1, 0.15) is 0 Å². The molecule has 0 unspecified atom stereocenters. The van der Waals surface area contributed by atoms with Gasteiger partial charge in [-0.2, -0.15) is 6.07 Å². The van der Waals surface area contributed by atoms with E-state index in [1.807, 2.05) is 23.0 Å². The van der Waals surface area contributed by atoms with Crippen LogP contribution in [0.4, 0.5) is 0 Å². The first-order valence-electron chi connectivity index (χ1n) is 6.82. The molecule has 3 heterocycles. The molecule has 100 valence electrons. The second kappa shape index (κ2) is 6.58. The molecule has 0 bridgehead atoms. The van der Waals surface area contributed by atoms with E-state index in [-0.39, 0.29) is 18.9 Å². The molecule has 5 heteroatoms. The molecule has 3 rings (SSSR count). The van der Waals surface area contributed by atoms with E-state index < -0.39 is 0 Å². The van der Waals surface area contributed by atoms with E-state index in [4.69, 9.17) is 0 Å². The quantitative estimate of drug-likeness (QED) is 0.528. The number of aromatic nitrogens is 2. The van der Waals surface area contributed by atoms with Gasteiger partial charge < -0.3 is 14.2 Å². The maximum atomic E-state index is 11.0. The van der Waals surface area contributed by atoms with Gasteiger partial charge in [-0.15, -0.1) is 5.56 Å². The first-order chi connectivity index (χ1) is 9.26. The Morgan fingerprint density at radius 1 is 1.50 bits per heavy atom. The minimum Gasteiger partial charge on any atom is -0.376 e. The van der Waals surface area contributed by atoms with Crippen molar-refractivity contribution in [3.63, 3.8) is 0 Å². The third-order valence-corrected chi connectivity index (χ3v) is 3.80. The fourth-order valence-electron chi connectivity index (χ4n) is 2.94. The summed E-state index contributed by atoms with van der Waals surface area (Å²) in [5.74, 6) is 0.767. The molecule has 0 aliphatic carbocycles. The van der Waals surface area contributed by atoms with Crippen molar-refractivity contribution in [3.05, 3.63) is 35.8 Å². The fourth-order valence-corrected chi connectivity index (χ4v) is 2.94. The second-order valence-electron chi connectivity index (χ2n) is 5.50. The van der Waals surface area contributed by atoms with Crippen LogP contribution in [0.25, 0.3) is 5.65 Å². The molecule has 0 spiro atoms. The van der Waals surface area contributed by atoms with E-state index in [2.05, 4.69) is 23.0 Å². The van der Waals surface area contributed by atoms with Crippen LogP contribution in [-0.2, 0) is 11.3 Å². The Morgan fingerprint density at radius 2 is 2.35 bits per heavy atom. The number of hydrogen-bond acceptors (Lipinski definition) is 3. The minimum absolute atomic E-state index is 0. The number of fused-ring (bicyclic) bond motifs is 1. The molecular formula is C15H18LiN3O. The SMILES string of the molecule is C[C@H]1CCCN(Cc2cc([C-]=O)c3nccn3c2)C1.[Li+]. The van der Waals surface area contributed by atoms with Crippen molar-refractivity contribution in [1.29, 1.82) is 0 Å². The van der Waals surface area contributed by atoms with Gasteiger partial charge in [-0.05, 0) is 31.5 Å². The van der Waals surface area contributed by atoms with Crippen LogP contribution in [-0.4, -0.2) is 33.7 Å². The average Bonchev–Trinajstić information content (AvgIpc) is 2.86. The smallest absolute Gasteiger partial charge is 0.376 e. The third-order valence-electron chi connectivity index (χ3n) is 3.80. The molecule has 20 heavy (non-hydrogen) atoms. The van der Waals surface area contributed by atoms with Gasteiger partial charge in [0.15, 0.2) is 0 Å². The number of piperidine rings is 1. The second-order valence-corrected chi connectivity index (χ2v) is 5.50. The van der Waals surface area contributed by atoms with Crippen LogP contribution >= 0.6 is 0 Å². The zero-order valence-electron chi connectivity index (χ0n) is 12.2. The van der Waals surface area contributed by atoms with Crippen molar-refractivity contribution in [3.8, 4) is 0 Å². The zero-order chi connectivity index (χ0) is 13.2. The molecular weight excluding hydrogens is 245 g/mol. The fraction of sp³-hybridized carbons (Fsp3) is 0.467. The molecule has 1 aliphatic rings. The summed E-state index contributed by atoms with van der Waals surface area (Å²) < 4.78 is 1.91. The monoisotopic (exact) mass is 263 g/mol. The van der Waals surface area contributed by atoms with Crippen LogP contribution in [0, 0.1) is 5.92 Å². The maximum absolute atomic E-state index is 11.0. The van der Waals surface area contributed by atoms with Crippen LogP contribution in [0.1, 0.15) is 30.9 Å². The van der Waals surface area contributed by atoms with Gasteiger partial charge >= 0.3 is 18.9 Å². The predicted molar refractivity (Wildman–Crippen MR) is 73.7 cm³/mol. The van der Waals surface area contributed by atoms with E-state index >= 15 is 0 Å². The van der Waals surface area contributed by atoms with E-state index in [0.29, 0.717) is 11.2 Å². The van der Waals surface area contributed by atoms with Gasteiger partial charge in [-0.1, -0.05) is 12.5 Å². The predicted octanol–water partition coefficient (Wildman–Crippen LogP) is -0.972. The molecule has 4 nitrogen and oxygen atoms in total. The topological polar surface area (TPSA) is 37.6 Å². The van der Waals surface area contributed by atoms with Crippen LogP contribution in [0.3, 0.4) is 0 Å². The van der Waals surface area contributed by atoms with Gasteiger partial charge in [0.05, 0.1) is 6.29 Å². The molecule has 0 radical (unpaired) electrons. The molecule has 0 N–H and O–H groups in total. The van der Waals surface area contributed by atoms with Gasteiger partial charge in [0.25, 0.3) is 0 Å². The third kappa shape index (κ3) is 3.14. The minimum atomic E-state index is 0. The van der Waals surface area contributed by atoms with Crippen LogP contribution in [0.2, 0.25) is 0 Å². The Morgan fingerprint density at radius 3 is 3.10 bits per heavy atom. The van der Waals surface area contributed by atoms with E-state index in [0.717, 1.165) is 31.1 Å². The summed E-state index contributed by atoms with van der Waals surface area (Å²) in [5.41, 5.74) is 2.39. The average molecular weight is 263 g/mol. The van der Waals surface area contributed by atoms with Crippen molar-refractivity contribution in [2.45, 2.75) is 26.3 Å². The number of rotatable bonds is 3. The summed E-state index contributed by atoms with van der Waals surface area (Å²) in [6.07, 6.45) is 10.2. The van der Waals surface area contributed by atoms with Crippen LogP contribution in [0.15, 0.2) is 24.7 Å². The molecule has 0 aromatic carbocycles. The largest absolute Gasteiger partial charge is 1.00 e. The molecule has 2 aromatic rings. The Hall–Kier alpha value is -1.08. The van der Waals surface area contributed by atoms with Gasteiger partial charge in [-0.25, -0.2) is 0 Å². The first kappa shape index (κ1) is 15.3. The molecule has 1 saturated heterocycles. The molecule has 1 atom stereocenters. The Kier molecular flexibility index (Phi) is 5.04. The van der Waals surface area contributed by atoms with Crippen LogP contribution in [0.5, 0.6) is 0 Å². The normalized spacial score (nSPS) is 19.8. The number of hydrogen-bond donors (Lipinski definition) is 0. The number of nitrogens with zero attached hydrogens (tertiary/aromatic N) is 3. The molecule has 1 fully saturated rings.